The minimum Gasteiger partial charge on any atom is -0.462 e. The molecular weight excluding hydrogens is 378 g/mol. The highest BCUT2D eigenvalue weighted by Gasteiger charge is 2.21. The lowest BCUT2D eigenvalue weighted by atomic mass is 10.1. The number of rotatable bonds is 7. The van der Waals surface area contributed by atoms with E-state index in [1.54, 1.807) is 49.4 Å². The number of carbonyl (C=O) groups excluding carboxylic acids is 1. The number of esters is 1. The van der Waals surface area contributed by atoms with Crippen molar-refractivity contribution in [1.29, 1.82) is 0 Å². The van der Waals surface area contributed by atoms with E-state index in [-0.39, 0.29) is 4.90 Å². The van der Waals surface area contributed by atoms with E-state index in [1.807, 2.05) is 13.8 Å². The van der Waals surface area contributed by atoms with Gasteiger partial charge in [0.25, 0.3) is 10.0 Å². The maximum absolute atomic E-state index is 12.7. The van der Waals surface area contributed by atoms with E-state index < -0.39 is 16.0 Å². The van der Waals surface area contributed by atoms with E-state index in [0.717, 1.165) is 12.0 Å². The quantitative estimate of drug-likeness (QED) is 0.582. The van der Waals surface area contributed by atoms with E-state index in [9.17, 15) is 13.2 Å². The third-order valence-corrected chi connectivity index (χ3v) is 5.80. The van der Waals surface area contributed by atoms with Crippen LogP contribution in [0.2, 0.25) is 0 Å². The molecule has 1 heterocycles. The number of hydrogen-bond acceptors (Lipinski definition) is 5. The van der Waals surface area contributed by atoms with Gasteiger partial charge >= 0.3 is 5.97 Å². The maximum Gasteiger partial charge on any atom is 0.342 e. The molecule has 0 aliphatic heterocycles. The van der Waals surface area contributed by atoms with Crippen LogP contribution in [0.1, 0.15) is 41.9 Å². The fourth-order valence-corrected chi connectivity index (χ4v) is 3.97. The summed E-state index contributed by atoms with van der Waals surface area (Å²) in [5.74, 6) is -0.0421. The monoisotopic (exact) mass is 401 g/mol. The van der Waals surface area contributed by atoms with Gasteiger partial charge in [0, 0.05) is 11.1 Å². The summed E-state index contributed by atoms with van der Waals surface area (Å²) in [4.78, 5) is 12.5. The first-order valence-corrected chi connectivity index (χ1v) is 10.7. The summed E-state index contributed by atoms with van der Waals surface area (Å²) in [6.07, 6.45) is 1.55. The van der Waals surface area contributed by atoms with Crippen LogP contribution in [0.3, 0.4) is 0 Å². The van der Waals surface area contributed by atoms with Crippen LogP contribution in [0.4, 0.5) is 5.69 Å². The molecule has 0 spiro atoms. The number of fused-ring (bicyclic) bond motifs is 1. The van der Waals surface area contributed by atoms with Crippen LogP contribution in [0.5, 0.6) is 0 Å². The molecule has 3 rings (SSSR count). The van der Waals surface area contributed by atoms with Crippen molar-refractivity contribution in [3.63, 3.8) is 0 Å². The van der Waals surface area contributed by atoms with Crippen LogP contribution in [0, 0.1) is 6.92 Å². The molecule has 0 radical (unpaired) electrons. The molecule has 0 unspecified atom stereocenters. The first kappa shape index (κ1) is 19.9. The summed E-state index contributed by atoms with van der Waals surface area (Å²) in [5.41, 5.74) is 2.22. The largest absolute Gasteiger partial charge is 0.462 e. The molecule has 0 bridgehead atoms. The minimum absolute atomic E-state index is 0.177. The smallest absolute Gasteiger partial charge is 0.342 e. The van der Waals surface area contributed by atoms with Crippen LogP contribution in [0.25, 0.3) is 11.0 Å². The normalized spacial score (nSPS) is 11.5. The average molecular weight is 401 g/mol. The first-order chi connectivity index (χ1) is 13.4. The van der Waals surface area contributed by atoms with Gasteiger partial charge < -0.3 is 9.15 Å². The fraction of sp³-hybridized carbons (Fsp3) is 0.286. The highest BCUT2D eigenvalue weighted by Crippen LogP contribution is 2.29. The Morgan fingerprint density at radius 1 is 1.11 bits per heavy atom. The molecule has 0 atom stereocenters. The molecule has 6 nitrogen and oxygen atoms in total. The van der Waals surface area contributed by atoms with Crippen molar-refractivity contribution in [2.75, 3.05) is 11.3 Å². The molecule has 1 N–H and O–H groups in total. The van der Waals surface area contributed by atoms with Gasteiger partial charge in [-0.2, -0.15) is 0 Å². The van der Waals surface area contributed by atoms with Gasteiger partial charge in [0.05, 0.1) is 11.5 Å². The third-order valence-electron chi connectivity index (χ3n) is 4.40. The second-order valence-electron chi connectivity index (χ2n) is 6.48. The molecule has 0 aliphatic carbocycles. The van der Waals surface area contributed by atoms with Gasteiger partial charge in [0.1, 0.15) is 16.9 Å². The van der Waals surface area contributed by atoms with Crippen molar-refractivity contribution in [2.24, 2.45) is 0 Å². The Kier molecular flexibility index (Phi) is 5.74. The molecule has 1 aromatic heterocycles. The summed E-state index contributed by atoms with van der Waals surface area (Å²) < 4.78 is 38.8. The molecular formula is C21H23NO5S. The number of nitrogens with one attached hydrogen (secondary N) is 1. The Balaban J connectivity index is 1.94. The Hall–Kier alpha value is -2.80. The molecule has 148 valence electrons. The summed E-state index contributed by atoms with van der Waals surface area (Å²) >= 11 is 0. The lowest BCUT2D eigenvalue weighted by Crippen LogP contribution is -2.13. The number of benzene rings is 2. The Morgan fingerprint density at radius 3 is 2.46 bits per heavy atom. The van der Waals surface area contributed by atoms with Gasteiger partial charge in [-0.25, -0.2) is 13.2 Å². The summed E-state index contributed by atoms with van der Waals surface area (Å²) in [6.45, 7) is 5.91. The highest BCUT2D eigenvalue weighted by atomic mass is 32.2. The summed E-state index contributed by atoms with van der Waals surface area (Å²) in [7, 11) is -3.74. The minimum atomic E-state index is -3.74. The molecule has 3 aromatic rings. The molecule has 0 amide bonds. The van der Waals surface area contributed by atoms with Crippen molar-refractivity contribution in [3.8, 4) is 0 Å². The Bertz CT molecular complexity index is 1100. The number of carbonyl (C=O) groups is 1. The van der Waals surface area contributed by atoms with Crippen LogP contribution in [-0.4, -0.2) is 21.0 Å². The molecule has 0 fully saturated rings. The lowest BCUT2D eigenvalue weighted by Gasteiger charge is -2.09. The zero-order valence-corrected chi connectivity index (χ0v) is 16.9. The topological polar surface area (TPSA) is 85.6 Å². The van der Waals surface area contributed by atoms with Crippen LogP contribution in [-0.2, 0) is 21.2 Å². The molecule has 0 saturated heterocycles. The molecule has 2 aromatic carbocycles. The number of furan rings is 1. The summed E-state index contributed by atoms with van der Waals surface area (Å²) in [6, 6.07) is 11.6. The van der Waals surface area contributed by atoms with Crippen LogP contribution >= 0.6 is 0 Å². The molecule has 0 saturated carbocycles. The summed E-state index contributed by atoms with van der Waals surface area (Å²) in [5, 5.41) is 0.514. The third kappa shape index (κ3) is 4.04. The number of hydrogen-bond donors (Lipinski definition) is 1. The van der Waals surface area contributed by atoms with E-state index >= 15 is 0 Å². The van der Waals surface area contributed by atoms with E-state index in [4.69, 9.17) is 9.15 Å². The van der Waals surface area contributed by atoms with Gasteiger partial charge in [-0.3, -0.25) is 4.72 Å². The van der Waals surface area contributed by atoms with Crippen LogP contribution in [0.15, 0.2) is 51.8 Å². The predicted molar refractivity (Wildman–Crippen MR) is 108 cm³/mol. The zero-order valence-electron chi connectivity index (χ0n) is 16.1. The fourth-order valence-electron chi connectivity index (χ4n) is 2.92. The maximum atomic E-state index is 12.7. The van der Waals surface area contributed by atoms with Crippen molar-refractivity contribution in [2.45, 2.75) is 38.5 Å². The van der Waals surface area contributed by atoms with Crippen molar-refractivity contribution in [3.05, 3.63) is 59.4 Å². The number of ether oxygens (including phenoxy) is 1. The van der Waals surface area contributed by atoms with Gasteiger partial charge in [-0.05, 0) is 55.7 Å². The standard InChI is InChI=1S/C21H23NO5S/c1-4-12-26-21(23)20-14(3)27-19-11-8-16(13-18(19)20)22-28(24,25)17-9-6-15(5-2)7-10-17/h6-11,13,22H,4-5,12H2,1-3H3. The zero-order chi connectivity index (χ0) is 20.3. The Morgan fingerprint density at radius 2 is 1.82 bits per heavy atom. The highest BCUT2D eigenvalue weighted by molar-refractivity contribution is 7.92. The van der Waals surface area contributed by atoms with Crippen molar-refractivity contribution >= 4 is 32.6 Å². The van der Waals surface area contributed by atoms with Gasteiger partial charge in [-0.15, -0.1) is 0 Å². The van der Waals surface area contributed by atoms with E-state index in [2.05, 4.69) is 4.72 Å². The molecule has 0 aliphatic rings. The second-order valence-corrected chi connectivity index (χ2v) is 8.17. The van der Waals surface area contributed by atoms with Crippen LogP contribution < -0.4 is 4.72 Å². The second kappa shape index (κ2) is 8.06. The number of sulfonamides is 1. The van der Waals surface area contributed by atoms with Gasteiger partial charge in [0.2, 0.25) is 0 Å². The van der Waals surface area contributed by atoms with E-state index in [1.165, 1.54) is 0 Å². The van der Waals surface area contributed by atoms with Crippen molar-refractivity contribution < 1.29 is 22.4 Å². The molecule has 7 heteroatoms. The van der Waals surface area contributed by atoms with Gasteiger partial charge in [0.15, 0.2) is 0 Å². The molecule has 28 heavy (non-hydrogen) atoms. The van der Waals surface area contributed by atoms with Crippen molar-refractivity contribution in [1.82, 2.24) is 0 Å². The van der Waals surface area contributed by atoms with E-state index in [0.29, 0.717) is 41.0 Å². The Labute approximate surface area is 164 Å². The number of aryl methyl sites for hydroxylation is 2. The lowest BCUT2D eigenvalue weighted by molar-refractivity contribution is 0.0505. The number of anilines is 1. The first-order valence-electron chi connectivity index (χ1n) is 9.17. The van der Waals surface area contributed by atoms with Gasteiger partial charge in [-0.1, -0.05) is 26.0 Å². The average Bonchev–Trinajstić information content (AvgIpc) is 3.01. The predicted octanol–water partition coefficient (Wildman–Crippen LogP) is 4.67. The SMILES string of the molecule is CCCOC(=O)c1c(C)oc2ccc(NS(=O)(=O)c3ccc(CC)cc3)cc12.